The Balaban J connectivity index is 2.71. The van der Waals surface area contributed by atoms with E-state index >= 15 is 0 Å². The molecule has 37 heavy (non-hydrogen) atoms. The van der Waals surface area contributed by atoms with Crippen LogP contribution in [-0.4, -0.2) is 78.7 Å². The van der Waals surface area contributed by atoms with Crippen molar-refractivity contribution in [2.75, 3.05) is 38.8 Å². The van der Waals surface area contributed by atoms with Crippen LogP contribution in [0.25, 0.3) is 0 Å². The third-order valence-corrected chi connectivity index (χ3v) is 8.52. The van der Waals surface area contributed by atoms with Gasteiger partial charge in [0.2, 0.25) is 21.8 Å². The Morgan fingerprint density at radius 1 is 1.03 bits per heavy atom. The highest BCUT2D eigenvalue weighted by atomic mass is 32.2. The van der Waals surface area contributed by atoms with Gasteiger partial charge in [0.05, 0.1) is 30.9 Å². The van der Waals surface area contributed by atoms with E-state index in [0.717, 1.165) is 17.6 Å². The van der Waals surface area contributed by atoms with Crippen LogP contribution in [-0.2, 0) is 36.0 Å². The van der Waals surface area contributed by atoms with E-state index in [1.165, 1.54) is 0 Å². The van der Waals surface area contributed by atoms with Crippen molar-refractivity contribution < 1.29 is 31.2 Å². The number of hydrogen-bond donors (Lipinski definition) is 4. The smallest absolute Gasteiger partial charge is 0.243 e. The van der Waals surface area contributed by atoms with Crippen LogP contribution in [0.5, 0.6) is 5.75 Å². The van der Waals surface area contributed by atoms with E-state index in [1.807, 2.05) is 42.8 Å². The molecule has 0 radical (unpaired) electrons. The minimum absolute atomic E-state index is 0.269. The SMILES string of the molecule is CCCC(CCC)S(=O)(=O)CC(NC(=O)CNS(C)(=O)=O)C(=O)NCCCNCc1cccc(OC)c1. The first-order valence-electron chi connectivity index (χ1n) is 12.5. The molecule has 1 unspecified atom stereocenters. The lowest BCUT2D eigenvalue weighted by Crippen LogP contribution is -2.53. The fraction of sp³-hybridized carbons (Fsp3) is 0.667. The number of rotatable bonds is 19. The average Bonchev–Trinajstić information content (AvgIpc) is 2.83. The molecule has 1 atom stereocenters. The summed E-state index contributed by atoms with van der Waals surface area (Å²) in [4.78, 5) is 25.1. The van der Waals surface area contributed by atoms with Gasteiger partial charge in [-0.2, -0.15) is 0 Å². The number of amides is 2. The van der Waals surface area contributed by atoms with Crippen LogP contribution in [0.3, 0.4) is 0 Å². The maximum absolute atomic E-state index is 13.1. The molecule has 4 N–H and O–H groups in total. The first-order chi connectivity index (χ1) is 17.4. The first kappa shape index (κ1) is 32.8. The van der Waals surface area contributed by atoms with Crippen LogP contribution in [0.1, 0.15) is 51.5 Å². The maximum atomic E-state index is 13.1. The summed E-state index contributed by atoms with van der Waals surface area (Å²) in [6.07, 6.45) is 3.76. The zero-order chi connectivity index (χ0) is 27.9. The Morgan fingerprint density at radius 3 is 2.30 bits per heavy atom. The molecule has 0 aromatic heterocycles. The summed E-state index contributed by atoms with van der Waals surface area (Å²) >= 11 is 0. The van der Waals surface area contributed by atoms with Gasteiger partial charge < -0.3 is 20.7 Å². The summed E-state index contributed by atoms with van der Waals surface area (Å²) in [5.41, 5.74) is 1.05. The lowest BCUT2D eigenvalue weighted by molar-refractivity contribution is -0.127. The quantitative estimate of drug-likeness (QED) is 0.179. The highest BCUT2D eigenvalue weighted by molar-refractivity contribution is 7.92. The summed E-state index contributed by atoms with van der Waals surface area (Å²) in [5.74, 6) is -1.21. The average molecular weight is 563 g/mol. The van der Waals surface area contributed by atoms with Crippen LogP contribution in [0.2, 0.25) is 0 Å². The van der Waals surface area contributed by atoms with Crippen molar-refractivity contribution in [2.24, 2.45) is 0 Å². The fourth-order valence-corrected chi connectivity index (χ4v) is 6.26. The summed E-state index contributed by atoms with van der Waals surface area (Å²) in [6.45, 7) is 4.67. The van der Waals surface area contributed by atoms with Crippen molar-refractivity contribution in [1.82, 2.24) is 20.7 Å². The first-order valence-corrected chi connectivity index (χ1v) is 16.1. The van der Waals surface area contributed by atoms with Crippen molar-refractivity contribution in [1.29, 1.82) is 0 Å². The molecule has 0 bridgehead atoms. The second-order valence-electron chi connectivity index (χ2n) is 8.92. The monoisotopic (exact) mass is 562 g/mol. The fourth-order valence-electron chi connectivity index (χ4n) is 3.70. The number of sulfone groups is 1. The predicted molar refractivity (Wildman–Crippen MR) is 144 cm³/mol. The number of hydrogen-bond acceptors (Lipinski definition) is 8. The third-order valence-electron chi connectivity index (χ3n) is 5.57. The molecule has 11 nitrogen and oxygen atoms in total. The number of ether oxygens (including phenoxy) is 1. The van der Waals surface area contributed by atoms with E-state index < -0.39 is 55.3 Å². The number of benzene rings is 1. The van der Waals surface area contributed by atoms with E-state index in [4.69, 9.17) is 4.74 Å². The van der Waals surface area contributed by atoms with Crippen LogP contribution in [0.4, 0.5) is 0 Å². The van der Waals surface area contributed by atoms with E-state index in [9.17, 15) is 26.4 Å². The number of carbonyl (C=O) groups excluding carboxylic acids is 2. The maximum Gasteiger partial charge on any atom is 0.243 e. The molecule has 0 aliphatic heterocycles. The van der Waals surface area contributed by atoms with Gasteiger partial charge in [0.1, 0.15) is 11.8 Å². The minimum atomic E-state index is -3.69. The van der Waals surface area contributed by atoms with Crippen molar-refractivity contribution >= 4 is 31.7 Å². The van der Waals surface area contributed by atoms with Crippen LogP contribution >= 0.6 is 0 Å². The zero-order valence-corrected chi connectivity index (χ0v) is 23.8. The number of nitrogens with one attached hydrogen (secondary N) is 4. The van der Waals surface area contributed by atoms with Gasteiger partial charge >= 0.3 is 0 Å². The van der Waals surface area contributed by atoms with Crippen molar-refractivity contribution in [3.63, 3.8) is 0 Å². The van der Waals surface area contributed by atoms with E-state index in [2.05, 4.69) is 16.0 Å². The molecule has 1 rings (SSSR count). The van der Waals surface area contributed by atoms with E-state index in [0.29, 0.717) is 45.2 Å². The van der Waals surface area contributed by atoms with Gasteiger partial charge in [-0.3, -0.25) is 9.59 Å². The molecule has 2 amide bonds. The molecule has 212 valence electrons. The van der Waals surface area contributed by atoms with Gasteiger partial charge in [-0.15, -0.1) is 0 Å². The van der Waals surface area contributed by atoms with Crippen molar-refractivity contribution in [2.45, 2.75) is 63.8 Å². The molecule has 0 spiro atoms. The summed E-state index contributed by atoms with van der Waals surface area (Å²) in [7, 11) is -5.72. The summed E-state index contributed by atoms with van der Waals surface area (Å²) in [5, 5.41) is 7.73. The molecule has 0 saturated carbocycles. The third kappa shape index (κ3) is 13.8. The molecule has 0 aliphatic rings. The molecular formula is C24H42N4O7S2. The molecule has 0 aliphatic carbocycles. The summed E-state index contributed by atoms with van der Waals surface area (Å²) < 4.78 is 55.9. The van der Waals surface area contributed by atoms with Gasteiger partial charge in [-0.25, -0.2) is 21.6 Å². The minimum Gasteiger partial charge on any atom is -0.497 e. The molecule has 0 heterocycles. The number of methoxy groups -OCH3 is 1. The normalized spacial score (nSPS) is 12.8. The summed E-state index contributed by atoms with van der Waals surface area (Å²) in [6, 6.07) is 6.31. The largest absolute Gasteiger partial charge is 0.497 e. The van der Waals surface area contributed by atoms with Crippen LogP contribution in [0, 0.1) is 0 Å². The second-order valence-corrected chi connectivity index (χ2v) is 13.1. The highest BCUT2D eigenvalue weighted by Gasteiger charge is 2.32. The Labute approximate surface area is 221 Å². The molecule has 0 saturated heterocycles. The second kappa shape index (κ2) is 16.6. The number of sulfonamides is 1. The lowest BCUT2D eigenvalue weighted by Gasteiger charge is -2.22. The van der Waals surface area contributed by atoms with Gasteiger partial charge in [-0.1, -0.05) is 38.8 Å². The Hall–Kier alpha value is -2.22. The molecular weight excluding hydrogens is 520 g/mol. The van der Waals surface area contributed by atoms with E-state index in [1.54, 1.807) is 7.11 Å². The van der Waals surface area contributed by atoms with Gasteiger partial charge in [0, 0.05) is 13.1 Å². The van der Waals surface area contributed by atoms with Crippen molar-refractivity contribution in [3.8, 4) is 5.75 Å². The standard InChI is InChI=1S/C24H42N4O7S2/c1-5-9-21(10-6-2)37(33,34)18-22(28-23(29)17-27-36(4,31)32)24(30)26-14-8-13-25-16-19-11-7-12-20(15-19)35-3/h7,11-12,15,21-22,25,27H,5-6,8-10,13-14,16-18H2,1-4H3,(H,26,30)(H,28,29). The molecule has 13 heteroatoms. The van der Waals surface area contributed by atoms with Crippen LogP contribution < -0.4 is 25.4 Å². The van der Waals surface area contributed by atoms with Gasteiger partial charge in [0.15, 0.2) is 9.84 Å². The van der Waals surface area contributed by atoms with Crippen molar-refractivity contribution in [3.05, 3.63) is 29.8 Å². The zero-order valence-electron chi connectivity index (χ0n) is 22.2. The Morgan fingerprint density at radius 2 is 1.70 bits per heavy atom. The molecule has 0 fully saturated rings. The number of carbonyl (C=O) groups is 2. The van der Waals surface area contributed by atoms with Crippen LogP contribution in [0.15, 0.2) is 24.3 Å². The molecule has 1 aromatic rings. The Kier molecular flexibility index (Phi) is 14.7. The van der Waals surface area contributed by atoms with Gasteiger partial charge in [0.25, 0.3) is 0 Å². The highest BCUT2D eigenvalue weighted by Crippen LogP contribution is 2.17. The topological polar surface area (TPSA) is 160 Å². The van der Waals surface area contributed by atoms with E-state index in [-0.39, 0.29) is 6.54 Å². The predicted octanol–water partition coefficient (Wildman–Crippen LogP) is 0.709. The Bertz CT molecular complexity index is 1060. The van der Waals surface area contributed by atoms with Gasteiger partial charge in [-0.05, 0) is 43.5 Å². The lowest BCUT2D eigenvalue weighted by atomic mass is 10.2. The molecule has 1 aromatic carbocycles.